The fraction of sp³-hybridized carbons (Fsp3) is 0.558. The fourth-order valence-corrected chi connectivity index (χ4v) is 19.1. The summed E-state index contributed by atoms with van der Waals surface area (Å²) in [7, 11) is 0. The number of thiol groups is 3. The Kier molecular flexibility index (Phi) is 49.7. The molecule has 23 N–H and O–H groups in total. The number of aromatic amines is 2. The Balaban J connectivity index is 0.971. The number of hydrogen-bond acceptors (Lipinski definition) is 26. The molecule has 4 heterocycles. The Bertz CT molecular complexity index is 5580. The van der Waals surface area contributed by atoms with Crippen molar-refractivity contribution in [2.24, 2.45) is 35.3 Å². The Hall–Kier alpha value is -12.3. The Morgan fingerprint density at radius 3 is 1.09 bits per heavy atom. The molecule has 150 heavy (non-hydrogen) atoms. The maximum Gasteiger partial charge on any atom is 0.327 e. The van der Waals surface area contributed by atoms with E-state index < -0.39 is 246 Å². The molecule has 8 rings (SSSR count). The molecule has 2 aromatic heterocycles. The van der Waals surface area contributed by atoms with Gasteiger partial charge in [-0.05, 0) is 141 Å². The van der Waals surface area contributed by atoms with Crippen LogP contribution in [0.15, 0.2) is 122 Å². The van der Waals surface area contributed by atoms with E-state index in [1.54, 1.807) is 179 Å². The van der Waals surface area contributed by atoms with Gasteiger partial charge in [0.1, 0.15) is 103 Å². The second-order valence-corrected chi connectivity index (χ2v) is 42.0. The number of benzene rings is 4. The molecule has 0 unspecified atom stereocenters. The van der Waals surface area contributed by atoms with E-state index in [1.807, 2.05) is 18.4 Å². The minimum absolute atomic E-state index is 0.00888. The number of nitrogens with two attached hydrogens (primary N) is 1. The van der Waals surface area contributed by atoms with Gasteiger partial charge >= 0.3 is 5.97 Å². The van der Waals surface area contributed by atoms with Gasteiger partial charge in [0.2, 0.25) is 100 Å². The van der Waals surface area contributed by atoms with Gasteiger partial charge in [-0.3, -0.25) is 81.5 Å². The van der Waals surface area contributed by atoms with Crippen LogP contribution in [0.25, 0.3) is 21.8 Å². The molecule has 0 saturated carbocycles. The molecular weight excluding hydrogens is 2010 g/mol. The van der Waals surface area contributed by atoms with Crippen LogP contribution in [0.4, 0.5) is 0 Å². The normalized spacial score (nSPS) is 17.2. The van der Waals surface area contributed by atoms with E-state index in [4.69, 9.17) is 5.73 Å². The van der Waals surface area contributed by atoms with Crippen LogP contribution in [0.2, 0.25) is 0 Å². The van der Waals surface area contributed by atoms with Gasteiger partial charge in [-0.2, -0.15) is 49.6 Å². The first-order chi connectivity index (χ1) is 71.4. The van der Waals surface area contributed by atoms with Gasteiger partial charge in [0, 0.05) is 90.2 Å². The summed E-state index contributed by atoms with van der Waals surface area (Å²) in [5.74, 6) is -18.6. The van der Waals surface area contributed by atoms with E-state index in [-0.39, 0.29) is 119 Å². The monoisotopic (exact) mass is 2160 g/mol. The van der Waals surface area contributed by atoms with Crippen LogP contribution in [0.1, 0.15) is 163 Å². The van der Waals surface area contributed by atoms with Crippen molar-refractivity contribution < 1.29 is 107 Å². The molecule has 17 amide bonds. The van der Waals surface area contributed by atoms with Crippen LogP contribution in [0.5, 0.6) is 0 Å². The van der Waals surface area contributed by atoms with Crippen molar-refractivity contribution in [1.29, 1.82) is 0 Å². The number of para-hydroxylation sites is 2. The van der Waals surface area contributed by atoms with Crippen molar-refractivity contribution in [1.82, 2.24) is 99.5 Å². The summed E-state index contributed by atoms with van der Waals surface area (Å²) in [6.07, 6.45) is 4.25. The van der Waals surface area contributed by atoms with Crippen molar-refractivity contribution in [3.05, 3.63) is 144 Å². The quantitative estimate of drug-likeness (QED) is 0.0234. The molecule has 4 aromatic carbocycles. The van der Waals surface area contributed by atoms with Crippen molar-refractivity contribution in [3.63, 3.8) is 0 Å². The molecule has 0 spiro atoms. The highest BCUT2D eigenvalue weighted by atomic mass is 32.2. The average molecular weight is 2160 g/mol. The number of H-pyrrole nitrogens is 2. The number of rotatable bonds is 60. The minimum atomic E-state index is -1.85. The van der Waals surface area contributed by atoms with Crippen LogP contribution in [-0.4, -0.2) is 317 Å². The predicted octanol–water partition coefficient (Wildman–Crippen LogP) is 0.724. The molecule has 2 aliphatic rings. The van der Waals surface area contributed by atoms with Gasteiger partial charge in [-0.1, -0.05) is 173 Å². The molecule has 20 atom stereocenters. The van der Waals surface area contributed by atoms with Crippen molar-refractivity contribution in [3.8, 4) is 0 Å². The highest BCUT2D eigenvalue weighted by Crippen LogP contribution is 2.28. The Morgan fingerprint density at radius 2 is 0.687 bits per heavy atom. The number of carbonyl (C=O) groups is 18. The van der Waals surface area contributed by atoms with E-state index in [1.165, 1.54) is 28.5 Å². The average Bonchev–Trinajstić information content (AvgIpc) is 1.66. The molecule has 2 aliphatic heterocycles. The highest BCUT2D eigenvalue weighted by molar-refractivity contribution is 7.98. The molecule has 42 nitrogen and oxygen atoms in total. The molecule has 2 fully saturated rings. The summed E-state index contributed by atoms with van der Waals surface area (Å²) < 4.78 is 0. The third-order valence-electron chi connectivity index (χ3n) is 26.2. The van der Waals surface area contributed by atoms with Crippen LogP contribution in [-0.2, 0) is 112 Å². The number of aromatic nitrogens is 2. The molecule has 0 aliphatic carbocycles. The zero-order valence-electron chi connectivity index (χ0n) is 86.8. The van der Waals surface area contributed by atoms with Gasteiger partial charge in [0.05, 0.1) is 25.4 Å². The van der Waals surface area contributed by atoms with E-state index in [9.17, 15) is 82.8 Å². The fourth-order valence-electron chi connectivity index (χ4n) is 17.8. The van der Waals surface area contributed by atoms with Crippen molar-refractivity contribution in [2.75, 3.05) is 55.6 Å². The number of aliphatic carboxylic acids is 1. The lowest BCUT2D eigenvalue weighted by molar-refractivity contribution is -0.143. The van der Waals surface area contributed by atoms with Gasteiger partial charge in [0.15, 0.2) is 0 Å². The third kappa shape index (κ3) is 36.5. The molecule has 0 bridgehead atoms. The summed E-state index contributed by atoms with van der Waals surface area (Å²) in [5.41, 5.74) is 10.0. The number of hydrogen-bond donors (Lipinski definition) is 25. The predicted molar refractivity (Wildman–Crippen MR) is 576 cm³/mol. The molecular formula is C104H150N20O22S4. The first kappa shape index (κ1) is 123. The summed E-state index contributed by atoms with van der Waals surface area (Å²) >= 11 is 14.1. The lowest BCUT2D eigenvalue weighted by Gasteiger charge is -2.32. The largest absolute Gasteiger partial charge is 0.480 e. The maximum atomic E-state index is 15.6. The van der Waals surface area contributed by atoms with Gasteiger partial charge in [-0.15, -0.1) is 0 Å². The van der Waals surface area contributed by atoms with Crippen molar-refractivity contribution >= 4 is 178 Å². The summed E-state index contributed by atoms with van der Waals surface area (Å²) in [6.45, 7) is 16.6. The van der Waals surface area contributed by atoms with Gasteiger partial charge < -0.3 is 126 Å². The number of nitrogens with zero attached hydrogens (tertiary/aromatic N) is 2. The van der Waals surface area contributed by atoms with Crippen LogP contribution < -0.4 is 85.5 Å². The minimum Gasteiger partial charge on any atom is -0.480 e. The Morgan fingerprint density at radius 1 is 0.380 bits per heavy atom. The third-order valence-corrected chi connectivity index (χ3v) is 27.9. The molecule has 0 radical (unpaired) electrons. The number of fused-ring (bicyclic) bond motifs is 2. The first-order valence-electron chi connectivity index (χ1n) is 50.9. The molecule has 6 aromatic rings. The number of amides is 17. The Labute approximate surface area is 894 Å². The van der Waals surface area contributed by atoms with Crippen LogP contribution >= 0.6 is 49.6 Å². The maximum absolute atomic E-state index is 15.6. The number of thioether (sulfide) groups is 1. The first-order valence-corrected chi connectivity index (χ1v) is 54.2. The van der Waals surface area contributed by atoms with Gasteiger partial charge in [-0.25, -0.2) is 4.79 Å². The second kappa shape index (κ2) is 60.6. The SMILES string of the molecule is CC[C@H](C)[C@H](NC(=O)[C@H](CS)NC(=O)[C@H](CC(C)C)NC(=O)[C@H](CO)NC(=O)[C@H](CS)NC(=O)[C@H](CC(C)C)NC(=O)[C@@H](NC(=O)[C@H](CC(C)C)NC(=O)[C@H](Cc1c[nH]c2ccccc12)NC(=O)[C@H](CC(C)C)NC(=O)[C@H](Cc1ccccc1)NC(=O)[C@@H]1CCCN1C(=O)[C@H](Cc1c[nH]c2ccccc12)NC(=O)[C@H](CO)NC(=O)[C@@H]1CCCN1C(=O)[C@H](Cc1ccccc1)NC(=O)[C@@H](N)CCSC)[C@@H](C)O)C(=O)N[C@@H](CS)C(=O)O. The molecule has 822 valence electrons. The van der Waals surface area contributed by atoms with E-state index in [0.29, 0.717) is 63.5 Å². The smallest absolute Gasteiger partial charge is 0.327 e. The van der Waals surface area contributed by atoms with Gasteiger partial charge in [0.25, 0.3) is 0 Å². The standard InChI is InChI=1S/C104H150N20O22S4/c1-13-59(10)85(100(141)120-82(54-149)104(145)146)121-97(138)81(53-148)119-89(130)71(41-56(4)5)110-94(135)78(50-125)116-96(137)80(52-147)118-90(131)72(42-57(6)7)113-101(142)86(60(11)127)122-93(134)73(43-58(8)9)109-92(133)75(46-63-48-106-68-32-22-20-30-65(63)68)111-88(129)70(40-55(2)3)108-91(132)74(44-61-26-16-14-17-27-61)112-98(139)83-34-24-38-124(83)103(144)77(47-64-49-107-69-33-23-21-31-66(64)69)115-95(136)79(51-126)117-99(140)84-35-25-37-123(84)102(143)76(45-62-28-18-15-19-29-62)114-87(128)67(105)36-39-150-12/h14-23,26-33,48-49,55-60,67,70-86,106-107,125-127,147-149H,13,24-25,34-47,50-54,105H2,1-12H3,(H,108,132)(H,109,133)(H,110,135)(H,111,129)(H,112,139)(H,113,142)(H,114,128)(H,115,136)(H,116,137)(H,117,140)(H,118,131)(H,119,130)(H,120,141)(H,121,138)(H,122,134)(H,145,146)/t59-,60+,67-,70-,71-,72-,73-,74-,75-,76-,77-,78-,79-,80-,81-,82-,83-,84-,85-,86-/m0/s1. The zero-order valence-corrected chi connectivity index (χ0v) is 90.3. The molecule has 46 heteroatoms. The lowest BCUT2D eigenvalue weighted by atomic mass is 9.97. The number of aliphatic hydroxyl groups is 3. The molecule has 2 saturated heterocycles. The number of nitrogens with one attached hydrogen (secondary N) is 17. The van der Waals surface area contributed by atoms with E-state index in [2.05, 4.69) is 128 Å². The number of carboxylic acids is 1. The summed E-state index contributed by atoms with van der Waals surface area (Å²) in [6, 6.07) is 6.10. The lowest BCUT2D eigenvalue weighted by Crippen LogP contribution is -2.63. The van der Waals surface area contributed by atoms with E-state index >= 15 is 24.0 Å². The number of carboxylic acid groups (broad SMARTS) is 1. The zero-order chi connectivity index (χ0) is 110. The topological polar surface area (TPSA) is 633 Å². The number of carbonyl (C=O) groups excluding carboxylic acids is 17. The van der Waals surface area contributed by atoms with E-state index in [0.717, 1.165) is 5.56 Å². The van der Waals surface area contributed by atoms with Crippen LogP contribution in [0, 0.1) is 29.6 Å². The number of likely N-dealkylation sites (tertiary alicyclic amines) is 2. The highest BCUT2D eigenvalue weighted by Gasteiger charge is 2.46. The summed E-state index contributed by atoms with van der Waals surface area (Å²) in [4.78, 5) is 269. The second-order valence-electron chi connectivity index (χ2n) is 39.9. The van der Waals surface area contributed by atoms with Crippen molar-refractivity contribution in [2.45, 2.75) is 281 Å². The number of aliphatic hydroxyl groups excluding tert-OH is 3. The summed E-state index contributed by atoms with van der Waals surface area (Å²) in [5, 5.41) is 83.3. The van der Waals surface area contributed by atoms with Crippen LogP contribution in [0.3, 0.4) is 0 Å².